The van der Waals surface area contributed by atoms with Gasteiger partial charge in [-0.25, -0.2) is 0 Å². The molecule has 0 unspecified atom stereocenters. The van der Waals surface area contributed by atoms with Gasteiger partial charge in [-0.05, 0) is 53.5 Å². The summed E-state index contributed by atoms with van der Waals surface area (Å²) in [4.78, 5) is 11.8. The molecular weight excluding hydrogens is 280 g/mol. The third-order valence-corrected chi connectivity index (χ3v) is 3.04. The molecule has 2 N–H and O–H groups in total. The van der Waals surface area contributed by atoms with Crippen LogP contribution < -0.4 is 10.6 Å². The lowest BCUT2D eigenvalue weighted by Gasteiger charge is -2.08. The van der Waals surface area contributed by atoms with Crippen molar-refractivity contribution in [2.75, 3.05) is 19.6 Å². The first kappa shape index (κ1) is 14.2. The molecule has 0 saturated heterocycles. The van der Waals surface area contributed by atoms with Crippen LogP contribution >= 0.6 is 15.9 Å². The second kappa shape index (κ2) is 7.45. The highest BCUT2D eigenvalue weighted by molar-refractivity contribution is 9.10. The van der Waals surface area contributed by atoms with E-state index in [2.05, 4.69) is 33.5 Å². The molecular formula is C13H19BrN2O. The van der Waals surface area contributed by atoms with Gasteiger partial charge in [0.2, 0.25) is 0 Å². The molecule has 94 valence electrons. The van der Waals surface area contributed by atoms with E-state index in [0.29, 0.717) is 12.1 Å². The molecule has 1 amide bonds. The van der Waals surface area contributed by atoms with Crippen LogP contribution in [0.15, 0.2) is 22.7 Å². The highest BCUT2D eigenvalue weighted by Crippen LogP contribution is 2.17. The van der Waals surface area contributed by atoms with Crippen molar-refractivity contribution in [3.05, 3.63) is 33.8 Å². The zero-order chi connectivity index (χ0) is 12.7. The van der Waals surface area contributed by atoms with Crippen molar-refractivity contribution in [1.29, 1.82) is 0 Å². The maximum atomic E-state index is 11.8. The maximum Gasteiger partial charge on any atom is 0.252 e. The van der Waals surface area contributed by atoms with Crippen molar-refractivity contribution in [3.63, 3.8) is 0 Å². The first-order valence-corrected chi connectivity index (χ1v) is 6.69. The van der Waals surface area contributed by atoms with E-state index in [4.69, 9.17) is 0 Å². The summed E-state index contributed by atoms with van der Waals surface area (Å²) in [5, 5.41) is 6.13. The van der Waals surface area contributed by atoms with E-state index >= 15 is 0 Å². The molecule has 1 aromatic carbocycles. The second-order valence-corrected chi connectivity index (χ2v) is 4.84. The van der Waals surface area contributed by atoms with Crippen LogP contribution in [0.2, 0.25) is 0 Å². The first-order valence-electron chi connectivity index (χ1n) is 5.90. The Hall–Kier alpha value is -0.870. The van der Waals surface area contributed by atoms with E-state index in [0.717, 1.165) is 29.5 Å². The number of nitrogens with one attached hydrogen (secondary N) is 2. The zero-order valence-electron chi connectivity index (χ0n) is 10.3. The minimum Gasteiger partial charge on any atom is -0.351 e. The Kier molecular flexibility index (Phi) is 6.22. The van der Waals surface area contributed by atoms with E-state index < -0.39 is 0 Å². The van der Waals surface area contributed by atoms with Crippen LogP contribution in [-0.4, -0.2) is 25.5 Å². The molecule has 0 aliphatic carbocycles. The van der Waals surface area contributed by atoms with Gasteiger partial charge in [-0.2, -0.15) is 0 Å². The Morgan fingerprint density at radius 3 is 2.71 bits per heavy atom. The molecule has 0 aromatic heterocycles. The van der Waals surface area contributed by atoms with Crippen molar-refractivity contribution in [1.82, 2.24) is 10.6 Å². The van der Waals surface area contributed by atoms with Crippen molar-refractivity contribution < 1.29 is 4.79 Å². The van der Waals surface area contributed by atoms with Crippen molar-refractivity contribution >= 4 is 21.8 Å². The largest absolute Gasteiger partial charge is 0.351 e. The average molecular weight is 299 g/mol. The zero-order valence-corrected chi connectivity index (χ0v) is 11.9. The Balaban J connectivity index is 2.42. The molecule has 0 saturated carbocycles. The molecule has 0 aliphatic rings. The SMILES string of the molecule is CCCNCCNC(=O)c1ccc(C)cc1Br. The van der Waals surface area contributed by atoms with Gasteiger partial charge in [0.1, 0.15) is 0 Å². The molecule has 0 fully saturated rings. The summed E-state index contributed by atoms with van der Waals surface area (Å²) in [6.45, 7) is 6.57. The van der Waals surface area contributed by atoms with Gasteiger partial charge in [0.15, 0.2) is 0 Å². The third kappa shape index (κ3) is 4.88. The summed E-state index contributed by atoms with van der Waals surface area (Å²) in [7, 11) is 0. The number of amides is 1. The molecule has 0 atom stereocenters. The molecule has 17 heavy (non-hydrogen) atoms. The van der Waals surface area contributed by atoms with Crippen LogP contribution in [0.25, 0.3) is 0 Å². The van der Waals surface area contributed by atoms with Crippen LogP contribution in [-0.2, 0) is 0 Å². The van der Waals surface area contributed by atoms with Gasteiger partial charge in [-0.3, -0.25) is 4.79 Å². The molecule has 1 aromatic rings. The van der Waals surface area contributed by atoms with Crippen molar-refractivity contribution in [2.24, 2.45) is 0 Å². The number of aryl methyl sites for hydroxylation is 1. The normalized spacial score (nSPS) is 10.3. The van der Waals surface area contributed by atoms with Crippen molar-refractivity contribution in [3.8, 4) is 0 Å². The number of benzene rings is 1. The minimum atomic E-state index is -0.0322. The Morgan fingerprint density at radius 1 is 1.29 bits per heavy atom. The fraction of sp³-hybridized carbons (Fsp3) is 0.462. The van der Waals surface area contributed by atoms with Crippen LogP contribution in [0.3, 0.4) is 0 Å². The van der Waals surface area contributed by atoms with E-state index in [1.54, 1.807) is 0 Å². The highest BCUT2D eigenvalue weighted by Gasteiger charge is 2.08. The first-order chi connectivity index (χ1) is 8.15. The molecule has 0 spiro atoms. The lowest BCUT2D eigenvalue weighted by Crippen LogP contribution is -2.32. The van der Waals surface area contributed by atoms with Gasteiger partial charge in [-0.1, -0.05) is 13.0 Å². The summed E-state index contributed by atoms with van der Waals surface area (Å²) in [6.07, 6.45) is 1.11. The number of carbonyl (C=O) groups excluding carboxylic acids is 1. The van der Waals surface area contributed by atoms with Gasteiger partial charge in [0, 0.05) is 17.6 Å². The van der Waals surface area contributed by atoms with E-state index in [1.165, 1.54) is 0 Å². The van der Waals surface area contributed by atoms with Crippen LogP contribution in [0.1, 0.15) is 29.3 Å². The lowest BCUT2D eigenvalue weighted by atomic mass is 10.1. The van der Waals surface area contributed by atoms with E-state index in [9.17, 15) is 4.79 Å². The summed E-state index contributed by atoms with van der Waals surface area (Å²) in [5.74, 6) is -0.0322. The quantitative estimate of drug-likeness (QED) is 0.792. The Bertz CT molecular complexity index is 380. The molecule has 3 nitrogen and oxygen atoms in total. The topological polar surface area (TPSA) is 41.1 Å². The Morgan fingerprint density at radius 2 is 2.06 bits per heavy atom. The lowest BCUT2D eigenvalue weighted by molar-refractivity contribution is 0.0953. The van der Waals surface area contributed by atoms with Crippen LogP contribution in [0.5, 0.6) is 0 Å². The summed E-state index contributed by atoms with van der Waals surface area (Å²) in [6, 6.07) is 5.73. The monoisotopic (exact) mass is 298 g/mol. The molecule has 0 bridgehead atoms. The average Bonchev–Trinajstić information content (AvgIpc) is 2.28. The summed E-state index contributed by atoms with van der Waals surface area (Å²) in [5.41, 5.74) is 1.82. The summed E-state index contributed by atoms with van der Waals surface area (Å²) >= 11 is 3.41. The van der Waals surface area contributed by atoms with Gasteiger partial charge in [-0.15, -0.1) is 0 Å². The maximum absolute atomic E-state index is 11.8. The Labute approximate surface area is 111 Å². The fourth-order valence-corrected chi connectivity index (χ4v) is 2.14. The molecule has 0 heterocycles. The predicted molar refractivity (Wildman–Crippen MR) is 74.4 cm³/mol. The number of carbonyl (C=O) groups is 1. The number of hydrogen-bond acceptors (Lipinski definition) is 2. The van der Waals surface area contributed by atoms with E-state index in [-0.39, 0.29) is 5.91 Å². The van der Waals surface area contributed by atoms with Crippen LogP contribution in [0, 0.1) is 6.92 Å². The number of hydrogen-bond donors (Lipinski definition) is 2. The second-order valence-electron chi connectivity index (χ2n) is 3.99. The predicted octanol–water partition coefficient (Wildman–Crippen LogP) is 2.49. The molecule has 0 aliphatic heterocycles. The highest BCUT2D eigenvalue weighted by atomic mass is 79.9. The van der Waals surface area contributed by atoms with Gasteiger partial charge < -0.3 is 10.6 Å². The van der Waals surface area contributed by atoms with Crippen LogP contribution in [0.4, 0.5) is 0 Å². The van der Waals surface area contributed by atoms with Gasteiger partial charge in [0.05, 0.1) is 5.56 Å². The summed E-state index contributed by atoms with van der Waals surface area (Å²) < 4.78 is 0.844. The van der Waals surface area contributed by atoms with E-state index in [1.807, 2.05) is 25.1 Å². The smallest absolute Gasteiger partial charge is 0.252 e. The number of halogens is 1. The number of rotatable bonds is 6. The third-order valence-electron chi connectivity index (χ3n) is 2.38. The van der Waals surface area contributed by atoms with Gasteiger partial charge in [0.25, 0.3) is 5.91 Å². The minimum absolute atomic E-state index is 0.0322. The fourth-order valence-electron chi connectivity index (χ4n) is 1.47. The van der Waals surface area contributed by atoms with Gasteiger partial charge >= 0.3 is 0 Å². The standard InChI is InChI=1S/C13H19BrN2O/c1-3-6-15-7-8-16-13(17)11-5-4-10(2)9-12(11)14/h4-5,9,15H,3,6-8H2,1-2H3,(H,16,17). The molecule has 4 heteroatoms. The molecule has 0 radical (unpaired) electrons. The van der Waals surface area contributed by atoms with Crippen molar-refractivity contribution in [2.45, 2.75) is 20.3 Å². The molecule has 1 rings (SSSR count).